The number of nitrogens with zero attached hydrogens (tertiary/aromatic N) is 1. The Morgan fingerprint density at radius 1 is 1.14 bits per heavy atom. The Balaban J connectivity index is 2.31. The second-order valence-corrected chi connectivity index (χ2v) is 9.43. The fraction of sp³-hybridized carbons (Fsp3) is 0.500. The maximum atomic E-state index is 12.5. The molecule has 2 rings (SSSR count). The summed E-state index contributed by atoms with van der Waals surface area (Å²) < 4.78 is 54.0. The van der Waals surface area contributed by atoms with Gasteiger partial charge in [-0.05, 0) is 37.6 Å². The predicted octanol–water partition coefficient (Wildman–Crippen LogP) is 1.41. The van der Waals surface area contributed by atoms with E-state index in [1.54, 1.807) is 0 Å². The first-order valence-corrected chi connectivity index (χ1v) is 10.0. The van der Waals surface area contributed by atoms with Crippen molar-refractivity contribution in [3.05, 3.63) is 24.3 Å². The summed E-state index contributed by atoms with van der Waals surface area (Å²) in [4.78, 5) is -0.114. The van der Waals surface area contributed by atoms with Crippen LogP contribution in [0.3, 0.4) is 0 Å². The summed E-state index contributed by atoms with van der Waals surface area (Å²) in [7, 11) is -0.864. The molecule has 1 heterocycles. The highest BCUT2D eigenvalue weighted by atomic mass is 35.7. The lowest BCUT2D eigenvalue weighted by molar-refractivity contribution is 0.102. The number of halogens is 1. The molecule has 0 bridgehead atoms. The third kappa shape index (κ3) is 3.40. The van der Waals surface area contributed by atoms with Crippen molar-refractivity contribution >= 4 is 29.8 Å². The third-order valence-electron chi connectivity index (χ3n) is 3.59. The van der Waals surface area contributed by atoms with E-state index < -0.39 is 19.1 Å². The van der Waals surface area contributed by atoms with Crippen LogP contribution in [0.2, 0.25) is 0 Å². The van der Waals surface area contributed by atoms with Gasteiger partial charge >= 0.3 is 0 Å². The van der Waals surface area contributed by atoms with Crippen molar-refractivity contribution in [2.24, 2.45) is 0 Å². The minimum absolute atomic E-state index is 0.0215. The molecule has 1 aliphatic heterocycles. The molecular formula is C12H16ClNO5S2. The molecule has 0 aliphatic carbocycles. The number of ether oxygens (including phenoxy) is 1. The van der Waals surface area contributed by atoms with Crippen LogP contribution in [0.25, 0.3) is 0 Å². The standard InChI is InChI=1S/C12H16ClNO5S2/c1-9-12(7-8-19-9)14(2)21(17,18)11-5-3-10(4-6-11)20(13,15)16/h3-6,9,12H,7-8H2,1-2H3. The molecule has 9 heteroatoms. The summed E-state index contributed by atoms with van der Waals surface area (Å²) in [6.45, 7) is 2.35. The van der Waals surface area contributed by atoms with Gasteiger partial charge in [0, 0.05) is 24.3 Å². The van der Waals surface area contributed by atoms with Crippen LogP contribution in [0.4, 0.5) is 0 Å². The highest BCUT2D eigenvalue weighted by Crippen LogP contribution is 2.25. The molecule has 118 valence electrons. The lowest BCUT2D eigenvalue weighted by Gasteiger charge is -2.26. The van der Waals surface area contributed by atoms with Crippen molar-refractivity contribution in [1.29, 1.82) is 0 Å². The van der Waals surface area contributed by atoms with Gasteiger partial charge in [-0.1, -0.05) is 0 Å². The van der Waals surface area contributed by atoms with Gasteiger partial charge in [0.1, 0.15) is 0 Å². The number of hydrogen-bond donors (Lipinski definition) is 0. The molecule has 21 heavy (non-hydrogen) atoms. The second kappa shape index (κ2) is 5.85. The summed E-state index contributed by atoms with van der Waals surface area (Å²) in [5.74, 6) is 0. The van der Waals surface area contributed by atoms with E-state index in [2.05, 4.69) is 0 Å². The third-order valence-corrected chi connectivity index (χ3v) is 6.85. The van der Waals surface area contributed by atoms with Gasteiger partial charge in [-0.15, -0.1) is 0 Å². The SMILES string of the molecule is CC1OCCC1N(C)S(=O)(=O)c1ccc(S(=O)(=O)Cl)cc1. The van der Waals surface area contributed by atoms with Crippen molar-refractivity contribution in [1.82, 2.24) is 4.31 Å². The summed E-state index contributed by atoms with van der Waals surface area (Å²) in [6.07, 6.45) is 0.456. The van der Waals surface area contributed by atoms with Crippen molar-refractivity contribution in [3.63, 3.8) is 0 Å². The van der Waals surface area contributed by atoms with Crippen LogP contribution in [-0.4, -0.2) is 46.9 Å². The summed E-state index contributed by atoms with van der Waals surface area (Å²) in [5, 5.41) is 0. The van der Waals surface area contributed by atoms with Crippen LogP contribution in [0.1, 0.15) is 13.3 Å². The number of hydrogen-bond acceptors (Lipinski definition) is 5. The normalized spacial score (nSPS) is 23.6. The minimum Gasteiger partial charge on any atom is -0.377 e. The van der Waals surface area contributed by atoms with Crippen LogP contribution in [0.15, 0.2) is 34.1 Å². The van der Waals surface area contributed by atoms with Gasteiger partial charge in [0.05, 0.1) is 21.9 Å². The maximum absolute atomic E-state index is 12.5. The summed E-state index contributed by atoms with van der Waals surface area (Å²) in [6, 6.07) is 4.60. The molecule has 0 radical (unpaired) electrons. The first-order valence-electron chi connectivity index (χ1n) is 6.28. The van der Waals surface area contributed by atoms with Crippen molar-refractivity contribution in [3.8, 4) is 0 Å². The molecule has 0 aromatic heterocycles. The zero-order valence-electron chi connectivity index (χ0n) is 11.6. The topological polar surface area (TPSA) is 80.8 Å². The molecule has 2 atom stereocenters. The monoisotopic (exact) mass is 353 g/mol. The van der Waals surface area contributed by atoms with Crippen molar-refractivity contribution < 1.29 is 21.6 Å². The van der Waals surface area contributed by atoms with E-state index in [1.165, 1.54) is 35.6 Å². The molecule has 0 amide bonds. The molecule has 1 fully saturated rings. The fourth-order valence-corrected chi connectivity index (χ4v) is 4.53. The predicted molar refractivity (Wildman–Crippen MR) is 78.2 cm³/mol. The van der Waals surface area contributed by atoms with E-state index in [0.717, 1.165) is 0 Å². The highest BCUT2D eigenvalue weighted by molar-refractivity contribution is 8.13. The molecule has 0 N–H and O–H groups in total. The van der Waals surface area contributed by atoms with Gasteiger partial charge in [0.15, 0.2) is 0 Å². The van der Waals surface area contributed by atoms with E-state index in [9.17, 15) is 16.8 Å². The van der Waals surface area contributed by atoms with Crippen LogP contribution in [0.5, 0.6) is 0 Å². The Kier molecular flexibility index (Phi) is 4.65. The van der Waals surface area contributed by atoms with E-state index in [0.29, 0.717) is 13.0 Å². The second-order valence-electron chi connectivity index (χ2n) is 4.86. The van der Waals surface area contributed by atoms with Crippen LogP contribution in [-0.2, 0) is 23.8 Å². The highest BCUT2D eigenvalue weighted by Gasteiger charge is 2.35. The van der Waals surface area contributed by atoms with Crippen molar-refractivity contribution in [2.45, 2.75) is 35.3 Å². The Morgan fingerprint density at radius 3 is 2.10 bits per heavy atom. The maximum Gasteiger partial charge on any atom is 0.261 e. The molecule has 1 aromatic rings. The van der Waals surface area contributed by atoms with Gasteiger partial charge < -0.3 is 4.74 Å². The molecule has 1 aliphatic rings. The summed E-state index contributed by atoms with van der Waals surface area (Å²) in [5.41, 5.74) is 0. The molecule has 0 spiro atoms. The van der Waals surface area contributed by atoms with E-state index in [4.69, 9.17) is 15.4 Å². The minimum atomic E-state index is -3.87. The van der Waals surface area contributed by atoms with Gasteiger partial charge in [-0.25, -0.2) is 16.8 Å². The zero-order chi connectivity index (χ0) is 15.8. The molecule has 2 unspecified atom stereocenters. The molecule has 0 saturated carbocycles. The lowest BCUT2D eigenvalue weighted by atomic mass is 10.2. The van der Waals surface area contributed by atoms with Gasteiger partial charge in [0.2, 0.25) is 10.0 Å². The Bertz CT molecular complexity index is 715. The fourth-order valence-electron chi connectivity index (χ4n) is 2.32. The quantitative estimate of drug-likeness (QED) is 0.764. The molecule has 1 saturated heterocycles. The van der Waals surface area contributed by atoms with Crippen LogP contribution >= 0.6 is 10.7 Å². The first kappa shape index (κ1) is 16.7. The van der Waals surface area contributed by atoms with Gasteiger partial charge in [-0.2, -0.15) is 4.31 Å². The molecule has 6 nitrogen and oxygen atoms in total. The van der Waals surface area contributed by atoms with Crippen LogP contribution < -0.4 is 0 Å². The first-order chi connectivity index (χ1) is 9.64. The average molecular weight is 354 g/mol. The number of likely N-dealkylation sites (N-methyl/N-ethyl adjacent to an activating group) is 1. The largest absolute Gasteiger partial charge is 0.377 e. The van der Waals surface area contributed by atoms with Gasteiger partial charge in [0.25, 0.3) is 9.05 Å². The van der Waals surface area contributed by atoms with E-state index in [-0.39, 0.29) is 21.9 Å². The number of rotatable bonds is 4. The number of sulfonamides is 1. The lowest BCUT2D eigenvalue weighted by Crippen LogP contribution is -2.40. The average Bonchev–Trinajstić information content (AvgIpc) is 2.83. The van der Waals surface area contributed by atoms with E-state index >= 15 is 0 Å². The van der Waals surface area contributed by atoms with Crippen molar-refractivity contribution in [2.75, 3.05) is 13.7 Å². The van der Waals surface area contributed by atoms with E-state index in [1.807, 2.05) is 6.92 Å². The Hall–Kier alpha value is -0.670. The van der Waals surface area contributed by atoms with Crippen LogP contribution in [0, 0.1) is 0 Å². The summed E-state index contributed by atoms with van der Waals surface area (Å²) >= 11 is 0. The number of benzene rings is 1. The molecular weight excluding hydrogens is 338 g/mol. The van der Waals surface area contributed by atoms with Gasteiger partial charge in [-0.3, -0.25) is 0 Å². The smallest absolute Gasteiger partial charge is 0.261 e. The Labute approximate surface area is 129 Å². The zero-order valence-corrected chi connectivity index (χ0v) is 14.0. The Morgan fingerprint density at radius 2 is 1.67 bits per heavy atom. The molecule has 1 aromatic carbocycles.